The molecule has 2 aromatic heterocycles. The average Bonchev–Trinajstić information content (AvgIpc) is 3.61. The first-order valence-electron chi connectivity index (χ1n) is 21.1. The fourth-order valence-electron chi connectivity index (χ4n) is 8.04. The molecular formula is C54H52N3OPt-. The van der Waals surface area contributed by atoms with E-state index < -0.39 is 11.8 Å². The molecule has 0 aliphatic carbocycles. The number of nitrogens with zero attached hydrogens (tertiary/aromatic N) is 3. The molecule has 300 valence electrons. The molecule has 59 heavy (non-hydrogen) atoms. The van der Waals surface area contributed by atoms with Gasteiger partial charge in [0.15, 0.2) is 0 Å². The summed E-state index contributed by atoms with van der Waals surface area (Å²) in [6.45, 7) is 18.2. The van der Waals surface area contributed by atoms with Crippen LogP contribution in [0.25, 0.3) is 72.7 Å². The molecule has 0 spiro atoms. The smallest absolute Gasteiger partial charge is 0.148 e. The third-order valence-corrected chi connectivity index (χ3v) is 11.1. The summed E-state index contributed by atoms with van der Waals surface area (Å²) < 4.78 is 20.2. The van der Waals surface area contributed by atoms with Gasteiger partial charge in [-0.1, -0.05) is 145 Å². The second kappa shape index (κ2) is 16.6. The average molecular weight is 956 g/mol. The van der Waals surface area contributed by atoms with Gasteiger partial charge in [-0.2, -0.15) is 0 Å². The molecule has 0 saturated carbocycles. The van der Waals surface area contributed by atoms with Crippen LogP contribution in [0.2, 0.25) is 0 Å². The normalized spacial score (nSPS) is 12.6. The molecule has 8 rings (SSSR count). The number of phenolic OH excluding ortho intramolecular Hbond substituents is 1. The number of imidazole rings is 1. The number of phenols is 1. The standard InChI is InChI=1S/C54H52N3O.Pt/c1-33(2)44-17-13-18-45(34(3)4)50(44)38-21-23-43(24-22-38)57-49-20-14-19-46(51(49)56-53(57)47-28-35(5)27-36(6)52(47)58)40-29-41(31-42(30-40)54(7,8)9)48-32-39(25-26-55-48)37-15-11-10-12-16-37;/h10-28,30-34,58H,1-9H3;/q-1;/i33D,34D;. The zero-order chi connectivity index (χ0) is 42.7. The fourth-order valence-corrected chi connectivity index (χ4v) is 8.04. The minimum Gasteiger partial charge on any atom is -0.507 e. The van der Waals surface area contributed by atoms with Crippen LogP contribution in [-0.2, 0) is 26.5 Å². The number of benzene rings is 6. The summed E-state index contributed by atoms with van der Waals surface area (Å²) in [7, 11) is 0. The molecule has 4 nitrogen and oxygen atoms in total. The van der Waals surface area contributed by atoms with Gasteiger partial charge in [0.05, 0.1) is 16.6 Å². The van der Waals surface area contributed by atoms with Gasteiger partial charge in [0.1, 0.15) is 11.6 Å². The predicted octanol–water partition coefficient (Wildman–Crippen LogP) is 14.4. The number of aromatic nitrogens is 3. The number of aryl methyl sites for hydroxylation is 2. The summed E-state index contributed by atoms with van der Waals surface area (Å²) in [6, 6.07) is 47.3. The third-order valence-electron chi connectivity index (χ3n) is 11.1. The third kappa shape index (κ3) is 8.08. The second-order valence-corrected chi connectivity index (χ2v) is 16.9. The van der Waals surface area contributed by atoms with Crippen molar-refractivity contribution in [1.29, 1.82) is 0 Å². The topological polar surface area (TPSA) is 50.9 Å². The number of fused-ring (bicyclic) bond motifs is 1. The summed E-state index contributed by atoms with van der Waals surface area (Å²) >= 11 is 0. The van der Waals surface area contributed by atoms with E-state index in [4.69, 9.17) is 12.7 Å². The van der Waals surface area contributed by atoms with E-state index in [1.165, 1.54) is 0 Å². The van der Waals surface area contributed by atoms with Crippen LogP contribution in [-0.4, -0.2) is 19.6 Å². The Balaban J connectivity index is 0.00000561. The number of aromatic hydroxyl groups is 1. The number of rotatable bonds is 8. The summed E-state index contributed by atoms with van der Waals surface area (Å²) in [6.07, 6.45) is 1.87. The molecule has 0 unspecified atom stereocenters. The largest absolute Gasteiger partial charge is 0.507 e. The zero-order valence-corrected chi connectivity index (χ0v) is 37.6. The van der Waals surface area contributed by atoms with Gasteiger partial charge in [0.2, 0.25) is 0 Å². The number of hydrogen-bond acceptors (Lipinski definition) is 3. The van der Waals surface area contributed by atoms with Crippen molar-refractivity contribution in [3.63, 3.8) is 0 Å². The Morgan fingerprint density at radius 2 is 1.34 bits per heavy atom. The first kappa shape index (κ1) is 38.9. The fraction of sp³-hybridized carbons (Fsp3) is 0.222. The molecule has 1 N–H and O–H groups in total. The molecule has 6 aromatic carbocycles. The number of para-hydroxylation sites is 1. The molecule has 0 aliphatic rings. The predicted molar refractivity (Wildman–Crippen MR) is 243 cm³/mol. The van der Waals surface area contributed by atoms with Crippen LogP contribution in [0.15, 0.2) is 134 Å². The first-order chi connectivity index (χ1) is 28.4. The van der Waals surface area contributed by atoms with Crippen molar-refractivity contribution in [1.82, 2.24) is 14.5 Å². The van der Waals surface area contributed by atoms with E-state index in [0.29, 0.717) is 11.4 Å². The Hall–Kier alpha value is -5.57. The first-order valence-corrected chi connectivity index (χ1v) is 20.1. The van der Waals surface area contributed by atoms with Gasteiger partial charge in [-0.25, -0.2) is 4.98 Å². The Labute approximate surface area is 367 Å². The number of pyridine rings is 1. The van der Waals surface area contributed by atoms with Crippen molar-refractivity contribution in [2.75, 3.05) is 0 Å². The molecule has 5 heteroatoms. The maximum Gasteiger partial charge on any atom is 0.148 e. The van der Waals surface area contributed by atoms with Gasteiger partial charge in [0.25, 0.3) is 0 Å². The quantitative estimate of drug-likeness (QED) is 0.154. The van der Waals surface area contributed by atoms with Crippen molar-refractivity contribution in [2.24, 2.45) is 0 Å². The van der Waals surface area contributed by atoms with E-state index in [2.05, 4.69) is 116 Å². The zero-order valence-electron chi connectivity index (χ0n) is 37.3. The van der Waals surface area contributed by atoms with Gasteiger partial charge >= 0.3 is 0 Å². The molecule has 0 amide bonds. The molecule has 0 saturated heterocycles. The molecule has 0 fully saturated rings. The van der Waals surface area contributed by atoms with Crippen LogP contribution in [0.4, 0.5) is 0 Å². The van der Waals surface area contributed by atoms with Crippen LogP contribution < -0.4 is 0 Å². The maximum atomic E-state index is 11.7. The van der Waals surface area contributed by atoms with Crippen molar-refractivity contribution >= 4 is 11.0 Å². The van der Waals surface area contributed by atoms with E-state index >= 15 is 0 Å². The van der Waals surface area contributed by atoms with Crippen LogP contribution >= 0.6 is 0 Å². The summed E-state index contributed by atoms with van der Waals surface area (Å²) in [5, 5.41) is 11.7. The number of hydrogen-bond donors (Lipinski definition) is 1. The molecule has 2 heterocycles. The SMILES string of the molecule is [2H]C(C)(C)c1cccc(C([2H])(C)C)c1-c1ccc(-n2c(-c3cc(C)cc(C)c3O)nc3c(-c4[c-]c(-c5cc(-c6ccccc6)ccn5)cc(C(C)(C)C)c4)cccc32)cc1.[Pt]. The van der Waals surface area contributed by atoms with Gasteiger partial charge in [0, 0.05) is 41.4 Å². The van der Waals surface area contributed by atoms with Crippen molar-refractivity contribution in [3.05, 3.63) is 167 Å². The van der Waals surface area contributed by atoms with Crippen LogP contribution in [0.3, 0.4) is 0 Å². The molecule has 8 aromatic rings. The van der Waals surface area contributed by atoms with Gasteiger partial charge in [-0.3, -0.25) is 9.55 Å². The summed E-state index contributed by atoms with van der Waals surface area (Å²) in [5.41, 5.74) is 15.4. The monoisotopic (exact) mass is 955 g/mol. The van der Waals surface area contributed by atoms with E-state index in [9.17, 15) is 5.11 Å². The molecule has 0 aliphatic heterocycles. The van der Waals surface area contributed by atoms with Gasteiger partial charge < -0.3 is 5.11 Å². The Morgan fingerprint density at radius 1 is 0.678 bits per heavy atom. The van der Waals surface area contributed by atoms with Gasteiger partial charge in [-0.15, -0.1) is 29.3 Å². The maximum absolute atomic E-state index is 11.7. The van der Waals surface area contributed by atoms with Crippen LogP contribution in [0.5, 0.6) is 5.75 Å². The van der Waals surface area contributed by atoms with Crippen LogP contribution in [0.1, 0.15) is 90.8 Å². The molecule has 0 radical (unpaired) electrons. The minimum absolute atomic E-state index is 0. The Kier molecular flexibility index (Phi) is 10.9. The van der Waals surface area contributed by atoms with Crippen LogP contribution in [0, 0.1) is 19.9 Å². The Morgan fingerprint density at radius 3 is 2.00 bits per heavy atom. The molecule has 0 bridgehead atoms. The Bertz CT molecular complexity index is 2860. The summed E-state index contributed by atoms with van der Waals surface area (Å²) in [4.78, 5) is 10.3. The van der Waals surface area contributed by atoms with Gasteiger partial charge in [-0.05, 0) is 106 Å². The van der Waals surface area contributed by atoms with Crippen molar-refractivity contribution < 1.29 is 28.9 Å². The van der Waals surface area contributed by atoms with E-state index in [1.54, 1.807) is 0 Å². The molecule has 0 atom stereocenters. The minimum atomic E-state index is -0.873. The second-order valence-electron chi connectivity index (χ2n) is 16.9. The van der Waals surface area contributed by atoms with Crippen molar-refractivity contribution in [2.45, 2.75) is 79.5 Å². The summed E-state index contributed by atoms with van der Waals surface area (Å²) in [5.74, 6) is -0.930. The van der Waals surface area contributed by atoms with E-state index in [1.807, 2.05) is 90.2 Å². The molecular weight excluding hydrogens is 902 g/mol. The van der Waals surface area contributed by atoms with Crippen molar-refractivity contribution in [3.8, 4) is 67.5 Å². The van der Waals surface area contributed by atoms with E-state index in [-0.39, 0.29) is 32.2 Å². The van der Waals surface area contributed by atoms with E-state index in [0.717, 1.165) is 89.2 Å².